The third-order valence-electron chi connectivity index (χ3n) is 3.13. The predicted octanol–water partition coefficient (Wildman–Crippen LogP) is 2.47. The Morgan fingerprint density at radius 3 is 2.93 bits per heavy atom. The average molecular weight is 205 g/mol. The normalized spacial score (nSPS) is 21.3. The molecule has 2 heteroatoms. The van der Waals surface area contributed by atoms with Crippen molar-refractivity contribution < 1.29 is 4.74 Å². The molecule has 0 amide bonds. The minimum absolute atomic E-state index is 0.620. The second-order valence-electron chi connectivity index (χ2n) is 4.29. The van der Waals surface area contributed by atoms with E-state index in [1.165, 1.54) is 24.0 Å². The highest BCUT2D eigenvalue weighted by molar-refractivity contribution is 5.39. The van der Waals surface area contributed by atoms with Crippen molar-refractivity contribution in [2.45, 2.75) is 25.7 Å². The molecule has 1 N–H and O–H groups in total. The molecule has 1 aromatic rings. The molecule has 1 aliphatic heterocycles. The number of ether oxygens (including phenoxy) is 1. The maximum absolute atomic E-state index is 5.45. The molecule has 15 heavy (non-hydrogen) atoms. The number of piperidine rings is 1. The first kappa shape index (κ1) is 10.5. The van der Waals surface area contributed by atoms with Gasteiger partial charge in [0.15, 0.2) is 0 Å². The summed E-state index contributed by atoms with van der Waals surface area (Å²) in [6, 6.07) is 6.52. The minimum atomic E-state index is 0.620. The fraction of sp³-hybridized carbons (Fsp3) is 0.538. The average Bonchev–Trinajstić information content (AvgIpc) is 2.30. The largest absolute Gasteiger partial charge is 0.496 e. The van der Waals surface area contributed by atoms with Gasteiger partial charge in [-0.25, -0.2) is 0 Å². The minimum Gasteiger partial charge on any atom is -0.496 e. The zero-order chi connectivity index (χ0) is 10.7. The number of methoxy groups -OCH3 is 1. The van der Waals surface area contributed by atoms with Crippen LogP contribution < -0.4 is 10.1 Å². The van der Waals surface area contributed by atoms with E-state index < -0.39 is 0 Å². The first-order valence-electron chi connectivity index (χ1n) is 5.66. The van der Waals surface area contributed by atoms with Crippen molar-refractivity contribution in [3.63, 3.8) is 0 Å². The Morgan fingerprint density at radius 1 is 1.40 bits per heavy atom. The van der Waals surface area contributed by atoms with E-state index in [0.29, 0.717) is 5.92 Å². The number of hydrogen-bond donors (Lipinski definition) is 1. The Hall–Kier alpha value is -1.02. The summed E-state index contributed by atoms with van der Waals surface area (Å²) in [6.07, 6.45) is 2.54. The zero-order valence-corrected chi connectivity index (χ0v) is 9.55. The molecule has 0 saturated carbocycles. The molecule has 0 aromatic heterocycles. The molecule has 1 heterocycles. The summed E-state index contributed by atoms with van der Waals surface area (Å²) in [5, 5.41) is 3.44. The summed E-state index contributed by atoms with van der Waals surface area (Å²) in [5.74, 6) is 1.66. The maximum atomic E-state index is 5.45. The van der Waals surface area contributed by atoms with Gasteiger partial charge in [-0.15, -0.1) is 0 Å². The molecule has 82 valence electrons. The fourth-order valence-corrected chi connectivity index (χ4v) is 2.27. The fourth-order valence-electron chi connectivity index (χ4n) is 2.27. The molecule has 1 fully saturated rings. The molecule has 1 aliphatic rings. The molecule has 0 radical (unpaired) electrons. The van der Waals surface area contributed by atoms with Gasteiger partial charge in [0, 0.05) is 12.5 Å². The van der Waals surface area contributed by atoms with Crippen LogP contribution in [0, 0.1) is 6.92 Å². The highest BCUT2D eigenvalue weighted by Crippen LogP contribution is 2.31. The summed E-state index contributed by atoms with van der Waals surface area (Å²) in [6.45, 7) is 4.34. The van der Waals surface area contributed by atoms with Crippen LogP contribution in [0.3, 0.4) is 0 Å². The lowest BCUT2D eigenvalue weighted by atomic mass is 9.90. The highest BCUT2D eigenvalue weighted by atomic mass is 16.5. The van der Waals surface area contributed by atoms with E-state index in [1.807, 2.05) is 0 Å². The molecule has 0 aliphatic carbocycles. The summed E-state index contributed by atoms with van der Waals surface area (Å²) in [7, 11) is 1.76. The lowest BCUT2D eigenvalue weighted by Gasteiger charge is -2.24. The van der Waals surface area contributed by atoms with Gasteiger partial charge in [0.1, 0.15) is 5.75 Å². The Balaban J connectivity index is 2.25. The number of nitrogens with one attached hydrogen (secondary N) is 1. The number of aryl methyl sites for hydroxylation is 1. The monoisotopic (exact) mass is 205 g/mol. The maximum Gasteiger partial charge on any atom is 0.122 e. The predicted molar refractivity (Wildman–Crippen MR) is 62.6 cm³/mol. The van der Waals surface area contributed by atoms with Crippen LogP contribution in [-0.2, 0) is 0 Å². The summed E-state index contributed by atoms with van der Waals surface area (Å²) >= 11 is 0. The zero-order valence-electron chi connectivity index (χ0n) is 9.55. The van der Waals surface area contributed by atoms with Crippen molar-refractivity contribution >= 4 is 0 Å². The highest BCUT2D eigenvalue weighted by Gasteiger charge is 2.18. The summed E-state index contributed by atoms with van der Waals surface area (Å²) < 4.78 is 5.45. The molecule has 2 rings (SSSR count). The molecule has 0 unspecified atom stereocenters. The van der Waals surface area contributed by atoms with Crippen LogP contribution in [0.2, 0.25) is 0 Å². The summed E-state index contributed by atoms with van der Waals surface area (Å²) in [4.78, 5) is 0. The van der Waals surface area contributed by atoms with Gasteiger partial charge in [0.25, 0.3) is 0 Å². The third kappa shape index (κ3) is 2.32. The van der Waals surface area contributed by atoms with Crippen LogP contribution in [-0.4, -0.2) is 20.2 Å². The van der Waals surface area contributed by atoms with Crippen LogP contribution in [0.4, 0.5) is 0 Å². The molecular weight excluding hydrogens is 186 g/mol. The van der Waals surface area contributed by atoms with Crippen LogP contribution in [0.15, 0.2) is 18.2 Å². The first-order chi connectivity index (χ1) is 7.31. The molecule has 0 bridgehead atoms. The van der Waals surface area contributed by atoms with Crippen molar-refractivity contribution in [1.29, 1.82) is 0 Å². The summed E-state index contributed by atoms with van der Waals surface area (Å²) in [5.41, 5.74) is 2.62. The first-order valence-corrected chi connectivity index (χ1v) is 5.66. The van der Waals surface area contributed by atoms with E-state index in [1.54, 1.807) is 7.11 Å². The Labute approximate surface area is 91.6 Å². The van der Waals surface area contributed by atoms with Crippen LogP contribution in [0.5, 0.6) is 5.75 Å². The van der Waals surface area contributed by atoms with E-state index >= 15 is 0 Å². The van der Waals surface area contributed by atoms with E-state index in [2.05, 4.69) is 30.4 Å². The van der Waals surface area contributed by atoms with Gasteiger partial charge in [0.05, 0.1) is 7.11 Å². The molecule has 0 spiro atoms. The molecule has 1 atom stereocenters. The second kappa shape index (κ2) is 4.67. The number of benzene rings is 1. The molecule has 1 saturated heterocycles. The van der Waals surface area contributed by atoms with Crippen molar-refractivity contribution in [3.8, 4) is 5.75 Å². The van der Waals surface area contributed by atoms with E-state index in [4.69, 9.17) is 4.74 Å². The van der Waals surface area contributed by atoms with Gasteiger partial charge in [0.2, 0.25) is 0 Å². The van der Waals surface area contributed by atoms with Gasteiger partial charge < -0.3 is 10.1 Å². The standard InChI is InChI=1S/C13H19NO/c1-10-5-6-12(13(8-10)15-2)11-4-3-7-14-9-11/h5-6,8,11,14H,3-4,7,9H2,1-2H3/t11-/m1/s1. The van der Waals surface area contributed by atoms with Crippen LogP contribution in [0.1, 0.15) is 29.9 Å². The van der Waals surface area contributed by atoms with Crippen molar-refractivity contribution in [2.24, 2.45) is 0 Å². The molecule has 2 nitrogen and oxygen atoms in total. The van der Waals surface area contributed by atoms with E-state index in [-0.39, 0.29) is 0 Å². The van der Waals surface area contributed by atoms with E-state index in [0.717, 1.165) is 18.8 Å². The van der Waals surface area contributed by atoms with Gasteiger partial charge in [-0.05, 0) is 43.5 Å². The molecular formula is C13H19NO. The van der Waals surface area contributed by atoms with E-state index in [9.17, 15) is 0 Å². The van der Waals surface area contributed by atoms with Crippen molar-refractivity contribution in [1.82, 2.24) is 5.32 Å². The van der Waals surface area contributed by atoms with Gasteiger partial charge in [-0.1, -0.05) is 12.1 Å². The van der Waals surface area contributed by atoms with Gasteiger partial charge in [-0.2, -0.15) is 0 Å². The van der Waals surface area contributed by atoms with Crippen LogP contribution >= 0.6 is 0 Å². The number of rotatable bonds is 2. The van der Waals surface area contributed by atoms with Gasteiger partial charge in [-0.3, -0.25) is 0 Å². The SMILES string of the molecule is COc1cc(C)ccc1[C@@H]1CCCNC1. The quantitative estimate of drug-likeness (QED) is 0.801. The topological polar surface area (TPSA) is 21.3 Å². The smallest absolute Gasteiger partial charge is 0.122 e. The second-order valence-corrected chi connectivity index (χ2v) is 4.29. The third-order valence-corrected chi connectivity index (χ3v) is 3.13. The Bertz CT molecular complexity index is 329. The number of hydrogen-bond acceptors (Lipinski definition) is 2. The van der Waals surface area contributed by atoms with Crippen molar-refractivity contribution in [3.05, 3.63) is 29.3 Å². The van der Waals surface area contributed by atoms with Crippen LogP contribution in [0.25, 0.3) is 0 Å². The molecule has 1 aromatic carbocycles. The van der Waals surface area contributed by atoms with Gasteiger partial charge >= 0.3 is 0 Å². The lowest BCUT2D eigenvalue weighted by molar-refractivity contribution is 0.392. The van der Waals surface area contributed by atoms with Crippen molar-refractivity contribution in [2.75, 3.05) is 20.2 Å². The Kier molecular flexibility index (Phi) is 3.27. The Morgan fingerprint density at radius 2 is 2.27 bits per heavy atom. The lowest BCUT2D eigenvalue weighted by Crippen LogP contribution is -2.28.